The highest BCUT2D eigenvalue weighted by molar-refractivity contribution is 9.10. The van der Waals surface area contributed by atoms with Gasteiger partial charge in [-0.25, -0.2) is 0 Å². The van der Waals surface area contributed by atoms with E-state index in [9.17, 15) is 0 Å². The molecule has 112 valence electrons. The number of hydrogen-bond acceptors (Lipinski definition) is 3. The van der Waals surface area contributed by atoms with Gasteiger partial charge in [0.25, 0.3) is 0 Å². The summed E-state index contributed by atoms with van der Waals surface area (Å²) in [6, 6.07) is 13.6. The van der Waals surface area contributed by atoms with Crippen LogP contribution in [0.5, 0.6) is 17.2 Å². The summed E-state index contributed by atoms with van der Waals surface area (Å²) in [5.74, 6) is 2.28. The fourth-order valence-electron chi connectivity index (χ4n) is 1.76. The number of hydrogen-bond donors (Lipinski definition) is 0. The van der Waals surface area contributed by atoms with Gasteiger partial charge < -0.3 is 14.2 Å². The Balaban J connectivity index is 1.84. The topological polar surface area (TPSA) is 27.7 Å². The number of rotatable bonds is 7. The minimum Gasteiger partial charge on any atom is -0.493 e. The molecule has 2 aromatic carbocycles. The van der Waals surface area contributed by atoms with Crippen LogP contribution in [0.2, 0.25) is 0 Å². The summed E-state index contributed by atoms with van der Waals surface area (Å²) in [6.45, 7) is 0.936. The third-order valence-corrected chi connectivity index (χ3v) is 3.98. The van der Waals surface area contributed by atoms with Gasteiger partial charge in [-0.3, -0.25) is 0 Å². The van der Waals surface area contributed by atoms with Crippen LogP contribution < -0.4 is 14.2 Å². The lowest BCUT2D eigenvalue weighted by molar-refractivity contribution is 0.211. The molecule has 3 nitrogen and oxygen atoms in total. The van der Waals surface area contributed by atoms with E-state index in [2.05, 4.69) is 31.9 Å². The van der Waals surface area contributed by atoms with Crippen LogP contribution in [0.1, 0.15) is 5.56 Å². The zero-order valence-electron chi connectivity index (χ0n) is 11.6. The van der Waals surface area contributed by atoms with Crippen molar-refractivity contribution in [2.75, 3.05) is 20.3 Å². The Morgan fingerprint density at radius 1 is 0.905 bits per heavy atom. The molecule has 21 heavy (non-hydrogen) atoms. The standard InChI is InChI=1S/C16H16Br2O3/c1-19-16-10-12(11-17)2-7-15(16)21-9-8-20-14-5-3-13(18)4-6-14/h2-7,10H,8-9,11H2,1H3. The summed E-state index contributed by atoms with van der Waals surface area (Å²) >= 11 is 6.81. The molecule has 0 aromatic heterocycles. The molecule has 0 heterocycles. The maximum atomic E-state index is 5.70. The molecule has 0 bridgehead atoms. The Kier molecular flexibility index (Phi) is 6.39. The van der Waals surface area contributed by atoms with E-state index in [4.69, 9.17) is 14.2 Å². The molecule has 0 unspecified atom stereocenters. The van der Waals surface area contributed by atoms with Crippen LogP contribution in [-0.4, -0.2) is 20.3 Å². The Hall–Kier alpha value is -1.20. The average molecular weight is 416 g/mol. The summed E-state index contributed by atoms with van der Waals surface area (Å²) in [6.07, 6.45) is 0. The van der Waals surface area contributed by atoms with Gasteiger partial charge in [0.05, 0.1) is 7.11 Å². The third-order valence-electron chi connectivity index (χ3n) is 2.81. The fraction of sp³-hybridized carbons (Fsp3) is 0.250. The molecular weight excluding hydrogens is 400 g/mol. The largest absolute Gasteiger partial charge is 0.493 e. The monoisotopic (exact) mass is 414 g/mol. The first-order chi connectivity index (χ1) is 10.2. The van der Waals surface area contributed by atoms with Crippen molar-refractivity contribution in [1.82, 2.24) is 0 Å². The third kappa shape index (κ3) is 4.93. The smallest absolute Gasteiger partial charge is 0.161 e. The van der Waals surface area contributed by atoms with E-state index in [1.165, 1.54) is 0 Å². The zero-order chi connectivity index (χ0) is 15.1. The summed E-state index contributed by atoms with van der Waals surface area (Å²) in [5.41, 5.74) is 1.14. The van der Waals surface area contributed by atoms with Crippen LogP contribution in [0.25, 0.3) is 0 Å². The van der Waals surface area contributed by atoms with E-state index in [-0.39, 0.29) is 0 Å². The van der Waals surface area contributed by atoms with Crippen molar-refractivity contribution in [2.24, 2.45) is 0 Å². The molecule has 0 aliphatic rings. The number of ether oxygens (including phenoxy) is 3. The predicted octanol–water partition coefficient (Wildman–Crippen LogP) is 4.81. The van der Waals surface area contributed by atoms with Crippen molar-refractivity contribution >= 4 is 31.9 Å². The summed E-state index contributed by atoms with van der Waals surface area (Å²) in [5, 5.41) is 0.788. The van der Waals surface area contributed by atoms with Crippen LogP contribution in [0.3, 0.4) is 0 Å². The van der Waals surface area contributed by atoms with Gasteiger partial charge in [-0.15, -0.1) is 0 Å². The molecule has 0 atom stereocenters. The van der Waals surface area contributed by atoms with Crippen molar-refractivity contribution in [2.45, 2.75) is 5.33 Å². The Labute approximate surface area is 141 Å². The number of halogens is 2. The highest BCUT2D eigenvalue weighted by Crippen LogP contribution is 2.28. The van der Waals surface area contributed by atoms with E-state index in [1.807, 2.05) is 42.5 Å². The maximum Gasteiger partial charge on any atom is 0.161 e. The second-order valence-corrected chi connectivity index (χ2v) is 5.75. The molecule has 5 heteroatoms. The zero-order valence-corrected chi connectivity index (χ0v) is 14.8. The summed E-state index contributed by atoms with van der Waals surface area (Å²) < 4.78 is 17.7. The van der Waals surface area contributed by atoms with Gasteiger partial charge in [0.15, 0.2) is 11.5 Å². The van der Waals surface area contributed by atoms with Crippen LogP contribution in [0, 0.1) is 0 Å². The maximum absolute atomic E-state index is 5.70. The Bertz CT molecular complexity index is 570. The van der Waals surface area contributed by atoms with Crippen LogP contribution in [-0.2, 0) is 5.33 Å². The fourth-order valence-corrected chi connectivity index (χ4v) is 2.37. The number of benzene rings is 2. The van der Waals surface area contributed by atoms with Crippen molar-refractivity contribution in [3.63, 3.8) is 0 Å². The highest BCUT2D eigenvalue weighted by Gasteiger charge is 2.05. The van der Waals surface area contributed by atoms with Gasteiger partial charge in [0.1, 0.15) is 19.0 Å². The summed E-state index contributed by atoms with van der Waals surface area (Å²) in [4.78, 5) is 0. The van der Waals surface area contributed by atoms with Gasteiger partial charge >= 0.3 is 0 Å². The number of alkyl halides is 1. The molecule has 0 spiro atoms. The lowest BCUT2D eigenvalue weighted by atomic mass is 10.2. The molecular formula is C16H16Br2O3. The predicted molar refractivity (Wildman–Crippen MR) is 90.8 cm³/mol. The van der Waals surface area contributed by atoms with E-state index in [1.54, 1.807) is 7.11 Å². The molecule has 2 aromatic rings. The van der Waals surface area contributed by atoms with E-state index >= 15 is 0 Å². The van der Waals surface area contributed by atoms with Gasteiger partial charge in [-0.2, -0.15) is 0 Å². The van der Waals surface area contributed by atoms with Crippen LogP contribution in [0.4, 0.5) is 0 Å². The normalized spacial score (nSPS) is 10.2. The quantitative estimate of drug-likeness (QED) is 0.479. The molecule has 0 aliphatic carbocycles. The minimum atomic E-state index is 0.458. The molecule has 0 saturated heterocycles. The van der Waals surface area contributed by atoms with Crippen LogP contribution >= 0.6 is 31.9 Å². The van der Waals surface area contributed by atoms with E-state index in [0.717, 1.165) is 32.6 Å². The molecule has 0 radical (unpaired) electrons. The first-order valence-corrected chi connectivity index (χ1v) is 8.38. The first-order valence-electron chi connectivity index (χ1n) is 6.47. The molecule has 0 aliphatic heterocycles. The lowest BCUT2D eigenvalue weighted by Crippen LogP contribution is -2.09. The molecule has 0 saturated carbocycles. The highest BCUT2D eigenvalue weighted by atomic mass is 79.9. The minimum absolute atomic E-state index is 0.458. The van der Waals surface area contributed by atoms with E-state index < -0.39 is 0 Å². The lowest BCUT2D eigenvalue weighted by Gasteiger charge is -2.12. The van der Waals surface area contributed by atoms with Crippen LogP contribution in [0.15, 0.2) is 46.9 Å². The van der Waals surface area contributed by atoms with Gasteiger partial charge in [-0.05, 0) is 42.0 Å². The molecule has 0 N–H and O–H groups in total. The Morgan fingerprint density at radius 2 is 1.62 bits per heavy atom. The van der Waals surface area contributed by atoms with Gasteiger partial charge in [0, 0.05) is 9.80 Å². The molecule has 2 rings (SSSR count). The second-order valence-electron chi connectivity index (χ2n) is 4.27. The van der Waals surface area contributed by atoms with Crippen molar-refractivity contribution in [3.8, 4) is 17.2 Å². The average Bonchev–Trinajstić information content (AvgIpc) is 2.53. The Morgan fingerprint density at radius 3 is 2.29 bits per heavy atom. The molecule has 0 fully saturated rings. The van der Waals surface area contributed by atoms with Crippen molar-refractivity contribution < 1.29 is 14.2 Å². The SMILES string of the molecule is COc1cc(CBr)ccc1OCCOc1ccc(Br)cc1. The number of methoxy groups -OCH3 is 1. The van der Waals surface area contributed by atoms with E-state index in [0.29, 0.717) is 13.2 Å². The summed E-state index contributed by atoms with van der Waals surface area (Å²) in [7, 11) is 1.64. The second kappa shape index (κ2) is 8.29. The first kappa shape index (κ1) is 16.2. The molecule has 0 amide bonds. The van der Waals surface area contributed by atoms with Gasteiger partial charge in [-0.1, -0.05) is 37.9 Å². The van der Waals surface area contributed by atoms with Gasteiger partial charge in [0.2, 0.25) is 0 Å². The van der Waals surface area contributed by atoms with Crippen molar-refractivity contribution in [3.05, 3.63) is 52.5 Å². The van der Waals surface area contributed by atoms with Crippen molar-refractivity contribution in [1.29, 1.82) is 0 Å².